The van der Waals surface area contributed by atoms with Crippen molar-refractivity contribution in [2.45, 2.75) is 6.92 Å². The molecule has 0 bridgehead atoms. The van der Waals surface area contributed by atoms with Crippen LogP contribution in [0.25, 0.3) is 0 Å². The van der Waals surface area contributed by atoms with Gasteiger partial charge in [-0.2, -0.15) is 5.10 Å². The molecular weight excluding hydrogens is 382 g/mol. The predicted molar refractivity (Wildman–Crippen MR) is 114 cm³/mol. The first-order chi connectivity index (χ1) is 14.5. The van der Waals surface area contributed by atoms with Gasteiger partial charge in [-0.1, -0.05) is 29.8 Å². The quantitative estimate of drug-likeness (QED) is 0.347. The van der Waals surface area contributed by atoms with Crippen LogP contribution in [-0.4, -0.2) is 28.9 Å². The number of carbonyl (C=O) groups excluding carboxylic acids is 3. The van der Waals surface area contributed by atoms with Crippen molar-refractivity contribution in [1.82, 2.24) is 10.4 Å². The molecule has 1 heterocycles. The summed E-state index contributed by atoms with van der Waals surface area (Å²) in [5, 5.41) is 8.93. The lowest BCUT2D eigenvalue weighted by molar-refractivity contribution is -0.136. The second-order valence-corrected chi connectivity index (χ2v) is 6.30. The zero-order chi connectivity index (χ0) is 21.3. The molecular formula is C22H19N5O3. The number of para-hydroxylation sites is 1. The van der Waals surface area contributed by atoms with E-state index in [1.165, 1.54) is 12.3 Å². The van der Waals surface area contributed by atoms with Crippen molar-refractivity contribution in [3.05, 3.63) is 89.7 Å². The van der Waals surface area contributed by atoms with E-state index in [2.05, 4.69) is 26.1 Å². The van der Waals surface area contributed by atoms with E-state index in [1.54, 1.807) is 54.9 Å². The van der Waals surface area contributed by atoms with E-state index < -0.39 is 17.7 Å². The van der Waals surface area contributed by atoms with Crippen LogP contribution in [-0.2, 0) is 9.59 Å². The zero-order valence-electron chi connectivity index (χ0n) is 16.1. The summed E-state index contributed by atoms with van der Waals surface area (Å²) in [6, 6.07) is 17.1. The number of hydrazone groups is 1. The average molecular weight is 401 g/mol. The number of hydrogen-bond acceptors (Lipinski definition) is 5. The molecule has 8 heteroatoms. The van der Waals surface area contributed by atoms with Crippen molar-refractivity contribution in [2.75, 3.05) is 10.6 Å². The number of aromatic nitrogens is 1. The number of pyridine rings is 1. The molecule has 0 radical (unpaired) electrons. The van der Waals surface area contributed by atoms with Crippen molar-refractivity contribution in [2.24, 2.45) is 5.10 Å². The van der Waals surface area contributed by atoms with E-state index in [0.29, 0.717) is 11.3 Å². The highest BCUT2D eigenvalue weighted by molar-refractivity contribution is 6.40. The van der Waals surface area contributed by atoms with E-state index in [-0.39, 0.29) is 11.3 Å². The van der Waals surface area contributed by atoms with Gasteiger partial charge in [0.2, 0.25) is 0 Å². The molecule has 0 unspecified atom stereocenters. The summed E-state index contributed by atoms with van der Waals surface area (Å²) in [7, 11) is 0. The van der Waals surface area contributed by atoms with Crippen LogP contribution in [0.3, 0.4) is 0 Å². The van der Waals surface area contributed by atoms with Crippen molar-refractivity contribution in [3.63, 3.8) is 0 Å². The third-order valence-corrected chi connectivity index (χ3v) is 4.02. The van der Waals surface area contributed by atoms with E-state index in [1.807, 2.05) is 19.1 Å². The SMILES string of the molecule is Cc1ccc(NC(=O)c2ccccc2NC(=O)C(=O)N/N=C/c2ccncc2)cc1. The molecule has 2 aromatic carbocycles. The highest BCUT2D eigenvalue weighted by Crippen LogP contribution is 2.18. The Hall–Kier alpha value is -4.33. The average Bonchev–Trinajstić information content (AvgIpc) is 2.76. The molecule has 30 heavy (non-hydrogen) atoms. The number of hydrogen-bond donors (Lipinski definition) is 3. The Morgan fingerprint density at radius 3 is 2.30 bits per heavy atom. The third kappa shape index (κ3) is 5.59. The van der Waals surface area contributed by atoms with E-state index in [4.69, 9.17) is 0 Å². The summed E-state index contributed by atoms with van der Waals surface area (Å²) in [5.74, 6) is -2.32. The van der Waals surface area contributed by atoms with Gasteiger partial charge in [-0.25, -0.2) is 5.43 Å². The van der Waals surface area contributed by atoms with Gasteiger partial charge in [0, 0.05) is 18.1 Å². The highest BCUT2D eigenvalue weighted by Gasteiger charge is 2.17. The Labute approximate surface area is 173 Å². The molecule has 3 amide bonds. The number of nitrogens with one attached hydrogen (secondary N) is 3. The maximum atomic E-state index is 12.6. The standard InChI is InChI=1S/C22H19N5O3/c1-15-6-8-17(9-7-15)25-20(28)18-4-2-3-5-19(18)26-21(29)22(30)27-24-14-16-10-12-23-13-11-16/h2-14H,1H3,(H,25,28)(H,26,29)(H,27,30)/b24-14+. The molecule has 0 saturated carbocycles. The molecule has 3 N–H and O–H groups in total. The Kier molecular flexibility index (Phi) is 6.63. The van der Waals surface area contributed by atoms with Crippen LogP contribution in [0, 0.1) is 6.92 Å². The van der Waals surface area contributed by atoms with Crippen LogP contribution in [0.4, 0.5) is 11.4 Å². The normalized spacial score (nSPS) is 10.4. The molecule has 0 atom stereocenters. The second-order valence-electron chi connectivity index (χ2n) is 6.30. The molecule has 3 aromatic rings. The molecule has 3 rings (SSSR count). The summed E-state index contributed by atoms with van der Waals surface area (Å²) in [6.07, 6.45) is 4.54. The van der Waals surface area contributed by atoms with Gasteiger partial charge in [0.25, 0.3) is 5.91 Å². The lowest BCUT2D eigenvalue weighted by atomic mass is 10.1. The van der Waals surface area contributed by atoms with Crippen molar-refractivity contribution in [1.29, 1.82) is 0 Å². The van der Waals surface area contributed by atoms with Gasteiger partial charge in [0.05, 0.1) is 17.5 Å². The van der Waals surface area contributed by atoms with Crippen molar-refractivity contribution >= 4 is 35.3 Å². The number of nitrogens with zero attached hydrogens (tertiary/aromatic N) is 2. The van der Waals surface area contributed by atoms with Gasteiger partial charge in [0.1, 0.15) is 0 Å². The number of benzene rings is 2. The molecule has 8 nitrogen and oxygen atoms in total. The third-order valence-electron chi connectivity index (χ3n) is 4.02. The Bertz CT molecular complexity index is 1080. The van der Waals surface area contributed by atoms with Crippen molar-refractivity contribution < 1.29 is 14.4 Å². The maximum absolute atomic E-state index is 12.6. The van der Waals surface area contributed by atoms with E-state index >= 15 is 0 Å². The van der Waals surface area contributed by atoms with E-state index in [0.717, 1.165) is 5.56 Å². The molecule has 1 aromatic heterocycles. The molecule has 150 valence electrons. The van der Waals surface area contributed by atoms with E-state index in [9.17, 15) is 14.4 Å². The lowest BCUT2D eigenvalue weighted by Gasteiger charge is -2.11. The van der Waals surface area contributed by atoms with Crippen LogP contribution in [0.15, 0.2) is 78.2 Å². The first kappa shape index (κ1) is 20.4. The fourth-order valence-electron chi connectivity index (χ4n) is 2.47. The topological polar surface area (TPSA) is 113 Å². The van der Waals surface area contributed by atoms with Gasteiger partial charge >= 0.3 is 11.8 Å². The summed E-state index contributed by atoms with van der Waals surface area (Å²) in [5.41, 5.74) is 4.97. The number of carbonyl (C=O) groups is 3. The minimum absolute atomic E-state index is 0.209. The monoisotopic (exact) mass is 401 g/mol. The van der Waals surface area contributed by atoms with Crippen LogP contribution >= 0.6 is 0 Å². The highest BCUT2D eigenvalue weighted by atomic mass is 16.2. The van der Waals surface area contributed by atoms with Gasteiger partial charge in [-0.05, 0) is 48.9 Å². The summed E-state index contributed by atoms with van der Waals surface area (Å²) < 4.78 is 0. The Morgan fingerprint density at radius 1 is 0.867 bits per heavy atom. The van der Waals surface area contributed by atoms with Gasteiger partial charge in [-0.15, -0.1) is 0 Å². The fraction of sp³-hybridized carbons (Fsp3) is 0.0455. The first-order valence-corrected chi connectivity index (χ1v) is 9.04. The summed E-state index contributed by atoms with van der Waals surface area (Å²) in [4.78, 5) is 40.7. The zero-order valence-corrected chi connectivity index (χ0v) is 16.1. The molecule has 0 aliphatic heterocycles. The second kappa shape index (κ2) is 9.74. The van der Waals surface area contributed by atoms with Crippen LogP contribution in [0.2, 0.25) is 0 Å². The van der Waals surface area contributed by atoms with Crippen molar-refractivity contribution in [3.8, 4) is 0 Å². The predicted octanol–water partition coefficient (Wildman–Crippen LogP) is 2.73. The minimum atomic E-state index is -0.964. The Balaban J connectivity index is 1.64. The molecule has 0 aliphatic rings. The van der Waals surface area contributed by atoms with Gasteiger partial charge < -0.3 is 10.6 Å². The van der Waals surface area contributed by atoms with Gasteiger partial charge in [0.15, 0.2) is 0 Å². The van der Waals surface area contributed by atoms with Crippen LogP contribution in [0.5, 0.6) is 0 Å². The smallest absolute Gasteiger partial charge is 0.322 e. The lowest BCUT2D eigenvalue weighted by Crippen LogP contribution is -2.33. The number of aryl methyl sites for hydroxylation is 1. The van der Waals surface area contributed by atoms with Gasteiger partial charge in [-0.3, -0.25) is 19.4 Å². The number of amides is 3. The minimum Gasteiger partial charge on any atom is -0.322 e. The number of anilines is 2. The van der Waals surface area contributed by atoms with Crippen LogP contribution in [0.1, 0.15) is 21.5 Å². The fourth-order valence-corrected chi connectivity index (χ4v) is 2.47. The van der Waals surface area contributed by atoms with Crippen LogP contribution < -0.4 is 16.1 Å². The first-order valence-electron chi connectivity index (χ1n) is 9.04. The molecule has 0 fully saturated rings. The number of rotatable bonds is 5. The summed E-state index contributed by atoms with van der Waals surface area (Å²) in [6.45, 7) is 1.95. The largest absolute Gasteiger partial charge is 0.329 e. The molecule has 0 spiro atoms. The maximum Gasteiger partial charge on any atom is 0.329 e. The summed E-state index contributed by atoms with van der Waals surface area (Å²) >= 11 is 0. The molecule has 0 aliphatic carbocycles. The Morgan fingerprint density at radius 2 is 1.57 bits per heavy atom. The molecule has 0 saturated heterocycles.